The minimum absolute atomic E-state index is 0.261. The molecule has 1 heterocycles. The number of halogens is 1. The van der Waals surface area contributed by atoms with Gasteiger partial charge in [0.2, 0.25) is 0 Å². The highest BCUT2D eigenvalue weighted by molar-refractivity contribution is 9.10. The number of aromatic amines is 1. The summed E-state index contributed by atoms with van der Waals surface area (Å²) in [4.78, 5) is 12.2. The molecule has 0 saturated heterocycles. The topological polar surface area (TPSA) is 83.8 Å². The molecule has 100 valence electrons. The number of hydrogen-bond donors (Lipinski definition) is 3. The number of carbonyl (C=O) groups is 1. The van der Waals surface area contributed by atoms with Crippen LogP contribution < -0.4 is 11.1 Å². The minimum atomic E-state index is -0.313. The van der Waals surface area contributed by atoms with Crippen molar-refractivity contribution >= 4 is 44.0 Å². The lowest BCUT2D eigenvalue weighted by atomic mass is 10.1. The monoisotopic (exact) mass is 330 g/mol. The molecular weight excluding hydrogens is 320 g/mol. The number of nitrogen functional groups attached to an aromatic ring is 1. The van der Waals surface area contributed by atoms with Gasteiger partial charge >= 0.3 is 0 Å². The maximum absolute atomic E-state index is 12.2. The smallest absolute Gasteiger partial charge is 0.275 e. The summed E-state index contributed by atoms with van der Waals surface area (Å²) >= 11 is 3.50. The Labute approximate surface area is 123 Å². The maximum atomic E-state index is 12.2. The van der Waals surface area contributed by atoms with Gasteiger partial charge < -0.3 is 11.1 Å². The molecule has 0 saturated carbocycles. The van der Waals surface area contributed by atoms with Gasteiger partial charge in [-0.15, -0.1) is 0 Å². The van der Waals surface area contributed by atoms with E-state index in [1.165, 1.54) is 6.20 Å². The van der Waals surface area contributed by atoms with Gasteiger partial charge in [0, 0.05) is 15.5 Å². The molecule has 0 aliphatic heterocycles. The number of nitrogens with one attached hydrogen (secondary N) is 2. The van der Waals surface area contributed by atoms with E-state index in [9.17, 15) is 4.79 Å². The van der Waals surface area contributed by atoms with Crippen LogP contribution >= 0.6 is 15.9 Å². The summed E-state index contributed by atoms with van der Waals surface area (Å²) < 4.78 is 0.979. The van der Waals surface area contributed by atoms with Crippen LogP contribution in [-0.2, 0) is 0 Å². The lowest BCUT2D eigenvalue weighted by molar-refractivity contribution is 0.102. The lowest BCUT2D eigenvalue weighted by Crippen LogP contribution is -2.14. The first-order valence-electron chi connectivity index (χ1n) is 5.94. The number of benzene rings is 2. The van der Waals surface area contributed by atoms with Gasteiger partial charge in [-0.1, -0.05) is 40.2 Å². The van der Waals surface area contributed by atoms with Gasteiger partial charge in [-0.2, -0.15) is 5.10 Å². The normalized spacial score (nSPS) is 10.7. The Morgan fingerprint density at radius 1 is 1.20 bits per heavy atom. The Bertz CT molecular complexity index is 797. The molecule has 0 spiro atoms. The zero-order chi connectivity index (χ0) is 14.1. The number of fused-ring (bicyclic) bond motifs is 1. The number of hydrogen-bond acceptors (Lipinski definition) is 3. The molecule has 3 aromatic rings. The van der Waals surface area contributed by atoms with Crippen molar-refractivity contribution in [1.29, 1.82) is 0 Å². The Balaban J connectivity index is 2.02. The van der Waals surface area contributed by atoms with Gasteiger partial charge in [0.25, 0.3) is 5.91 Å². The van der Waals surface area contributed by atoms with E-state index in [1.807, 2.05) is 36.4 Å². The standard InChI is InChI=1S/C14H11BrN4O/c15-10-5-6-12(9-4-2-1-3-8(9)10)18-14(20)13-11(16)7-17-19-13/h1-7H,16H2,(H,17,19)(H,18,20). The Hall–Kier alpha value is -2.34. The van der Waals surface area contributed by atoms with E-state index >= 15 is 0 Å². The molecule has 0 atom stereocenters. The van der Waals surface area contributed by atoms with E-state index in [1.54, 1.807) is 0 Å². The largest absolute Gasteiger partial charge is 0.396 e. The van der Waals surface area contributed by atoms with Gasteiger partial charge in [-0.25, -0.2) is 0 Å². The zero-order valence-electron chi connectivity index (χ0n) is 10.4. The third kappa shape index (κ3) is 2.14. The van der Waals surface area contributed by atoms with Gasteiger partial charge in [0.1, 0.15) is 5.69 Å². The van der Waals surface area contributed by atoms with Crippen LogP contribution in [0.1, 0.15) is 10.5 Å². The SMILES string of the molecule is Nc1cn[nH]c1C(=O)Nc1ccc(Br)c2ccccc12. The molecule has 0 bridgehead atoms. The first-order valence-corrected chi connectivity index (χ1v) is 6.73. The summed E-state index contributed by atoms with van der Waals surface area (Å²) in [6.07, 6.45) is 1.41. The number of rotatable bonds is 2. The van der Waals surface area contributed by atoms with Crippen LogP contribution in [0.25, 0.3) is 10.8 Å². The van der Waals surface area contributed by atoms with E-state index in [0.717, 1.165) is 20.9 Å². The second-order valence-corrected chi connectivity index (χ2v) is 5.15. The minimum Gasteiger partial charge on any atom is -0.396 e. The Kier molecular flexibility index (Phi) is 3.15. The van der Waals surface area contributed by atoms with Gasteiger partial charge in [-0.3, -0.25) is 9.89 Å². The van der Waals surface area contributed by atoms with E-state index in [-0.39, 0.29) is 11.6 Å². The third-order valence-electron chi connectivity index (χ3n) is 3.01. The number of anilines is 2. The number of carbonyl (C=O) groups excluding carboxylic acids is 1. The van der Waals surface area contributed by atoms with E-state index in [2.05, 4.69) is 31.4 Å². The van der Waals surface area contributed by atoms with E-state index in [4.69, 9.17) is 5.73 Å². The maximum Gasteiger partial charge on any atom is 0.275 e. The third-order valence-corrected chi connectivity index (χ3v) is 3.71. The summed E-state index contributed by atoms with van der Waals surface area (Å²) in [5.74, 6) is -0.313. The van der Waals surface area contributed by atoms with Crippen molar-refractivity contribution in [2.45, 2.75) is 0 Å². The highest BCUT2D eigenvalue weighted by Gasteiger charge is 2.13. The van der Waals surface area contributed by atoms with Crippen LogP contribution in [0.5, 0.6) is 0 Å². The Morgan fingerprint density at radius 3 is 2.65 bits per heavy atom. The number of nitrogens with two attached hydrogens (primary N) is 1. The molecular formula is C14H11BrN4O. The fraction of sp³-hybridized carbons (Fsp3) is 0. The molecule has 1 aromatic heterocycles. The number of H-pyrrole nitrogens is 1. The predicted octanol–water partition coefficient (Wildman–Crippen LogP) is 3.16. The number of nitrogens with zero attached hydrogens (tertiary/aromatic N) is 1. The van der Waals surface area contributed by atoms with Crippen molar-refractivity contribution in [3.8, 4) is 0 Å². The average molecular weight is 331 g/mol. The second kappa shape index (κ2) is 4.97. The van der Waals surface area contributed by atoms with Crippen LogP contribution in [0.2, 0.25) is 0 Å². The molecule has 5 nitrogen and oxygen atoms in total. The summed E-state index contributed by atoms with van der Waals surface area (Å²) in [7, 11) is 0. The molecule has 0 radical (unpaired) electrons. The molecule has 0 unspecified atom stereocenters. The van der Waals surface area contributed by atoms with Crippen molar-refractivity contribution in [2.24, 2.45) is 0 Å². The van der Waals surface area contributed by atoms with Crippen LogP contribution in [0, 0.1) is 0 Å². The summed E-state index contributed by atoms with van der Waals surface area (Å²) in [5.41, 5.74) is 6.98. The van der Waals surface area contributed by atoms with Crippen molar-refractivity contribution in [2.75, 3.05) is 11.1 Å². The van der Waals surface area contributed by atoms with Crippen LogP contribution in [0.15, 0.2) is 47.1 Å². The van der Waals surface area contributed by atoms with Crippen LogP contribution in [0.3, 0.4) is 0 Å². The second-order valence-electron chi connectivity index (χ2n) is 4.29. The van der Waals surface area contributed by atoms with Crippen LogP contribution in [0.4, 0.5) is 11.4 Å². The zero-order valence-corrected chi connectivity index (χ0v) is 11.9. The fourth-order valence-electron chi connectivity index (χ4n) is 2.03. The number of aromatic nitrogens is 2. The summed E-state index contributed by atoms with van der Waals surface area (Å²) in [5, 5.41) is 11.2. The first-order chi connectivity index (χ1) is 9.66. The van der Waals surface area contributed by atoms with Crippen molar-refractivity contribution in [1.82, 2.24) is 10.2 Å². The molecule has 0 aliphatic rings. The first kappa shape index (κ1) is 12.7. The van der Waals surface area contributed by atoms with Gasteiger partial charge in [0.05, 0.1) is 11.9 Å². The van der Waals surface area contributed by atoms with Crippen molar-refractivity contribution in [3.05, 3.63) is 52.8 Å². The summed E-state index contributed by atoms with van der Waals surface area (Å²) in [6, 6.07) is 11.6. The Morgan fingerprint density at radius 2 is 1.95 bits per heavy atom. The quantitative estimate of drug-likeness (QED) is 0.674. The molecule has 20 heavy (non-hydrogen) atoms. The van der Waals surface area contributed by atoms with Gasteiger partial charge in [-0.05, 0) is 17.5 Å². The van der Waals surface area contributed by atoms with E-state index in [0.29, 0.717) is 5.69 Å². The molecule has 0 aliphatic carbocycles. The molecule has 0 fully saturated rings. The van der Waals surface area contributed by atoms with Gasteiger partial charge in [0.15, 0.2) is 0 Å². The molecule has 3 rings (SSSR count). The van der Waals surface area contributed by atoms with Crippen molar-refractivity contribution in [3.63, 3.8) is 0 Å². The lowest BCUT2D eigenvalue weighted by Gasteiger charge is -2.09. The fourth-order valence-corrected chi connectivity index (χ4v) is 2.51. The highest BCUT2D eigenvalue weighted by Crippen LogP contribution is 2.30. The number of amides is 1. The summed E-state index contributed by atoms with van der Waals surface area (Å²) in [6.45, 7) is 0. The predicted molar refractivity (Wildman–Crippen MR) is 82.6 cm³/mol. The van der Waals surface area contributed by atoms with Crippen molar-refractivity contribution < 1.29 is 4.79 Å². The molecule has 4 N–H and O–H groups in total. The molecule has 2 aromatic carbocycles. The van der Waals surface area contributed by atoms with Crippen LogP contribution in [-0.4, -0.2) is 16.1 Å². The highest BCUT2D eigenvalue weighted by atomic mass is 79.9. The van der Waals surface area contributed by atoms with E-state index < -0.39 is 0 Å². The molecule has 1 amide bonds. The molecule has 6 heteroatoms. The average Bonchev–Trinajstić information content (AvgIpc) is 2.88.